The van der Waals surface area contributed by atoms with Crippen LogP contribution in [0.25, 0.3) is 11.0 Å². The van der Waals surface area contributed by atoms with Gasteiger partial charge in [0.2, 0.25) is 5.95 Å². The molecule has 7 heteroatoms. The average molecular weight is 353 g/mol. The molecular weight excluding hydrogens is 334 g/mol. The maximum absolute atomic E-state index is 11.8. The van der Waals surface area contributed by atoms with Crippen LogP contribution in [0.3, 0.4) is 0 Å². The highest BCUT2D eigenvalue weighted by molar-refractivity contribution is 5.94. The molecule has 0 unspecified atom stereocenters. The Hall–Kier alpha value is -3.35. The molecule has 2 aromatic carbocycles. The summed E-state index contributed by atoms with van der Waals surface area (Å²) in [7, 11) is 0. The number of aromatic nitrogens is 2. The SMILES string of the molecule is CCOC(=O)c1ccc(Nc2nc3ccc(C(=O)OCC)cc3[nH]2)cc1. The van der Waals surface area contributed by atoms with Gasteiger partial charge in [0.1, 0.15) is 0 Å². The van der Waals surface area contributed by atoms with E-state index in [0.29, 0.717) is 30.3 Å². The van der Waals surface area contributed by atoms with Gasteiger partial charge in [-0.2, -0.15) is 0 Å². The Labute approximate surface area is 150 Å². The molecule has 1 heterocycles. The number of rotatable bonds is 6. The lowest BCUT2D eigenvalue weighted by atomic mass is 10.2. The predicted molar refractivity (Wildman–Crippen MR) is 97.7 cm³/mol. The molecule has 0 amide bonds. The lowest BCUT2D eigenvalue weighted by Gasteiger charge is -2.04. The molecule has 0 saturated heterocycles. The summed E-state index contributed by atoms with van der Waals surface area (Å²) in [5, 5.41) is 3.13. The van der Waals surface area contributed by atoms with Crippen LogP contribution in [0.2, 0.25) is 0 Å². The summed E-state index contributed by atoms with van der Waals surface area (Å²) in [6.07, 6.45) is 0. The summed E-state index contributed by atoms with van der Waals surface area (Å²) >= 11 is 0. The van der Waals surface area contributed by atoms with Gasteiger partial charge >= 0.3 is 11.9 Å². The van der Waals surface area contributed by atoms with Gasteiger partial charge in [-0.15, -0.1) is 0 Å². The summed E-state index contributed by atoms with van der Waals surface area (Å²) in [4.78, 5) is 31.0. The molecule has 26 heavy (non-hydrogen) atoms. The van der Waals surface area contributed by atoms with Gasteiger partial charge in [0.05, 0.1) is 35.4 Å². The number of nitrogens with zero attached hydrogens (tertiary/aromatic N) is 1. The first-order valence-electron chi connectivity index (χ1n) is 8.31. The second-order valence-corrected chi connectivity index (χ2v) is 5.46. The highest BCUT2D eigenvalue weighted by atomic mass is 16.5. The molecule has 0 saturated carbocycles. The first-order valence-corrected chi connectivity index (χ1v) is 8.31. The van der Waals surface area contributed by atoms with Crippen LogP contribution in [-0.4, -0.2) is 35.1 Å². The molecule has 3 aromatic rings. The van der Waals surface area contributed by atoms with Crippen molar-refractivity contribution in [2.24, 2.45) is 0 Å². The third kappa shape index (κ3) is 3.83. The molecule has 0 aliphatic carbocycles. The van der Waals surface area contributed by atoms with E-state index in [4.69, 9.17) is 9.47 Å². The number of anilines is 2. The van der Waals surface area contributed by atoms with Gasteiger partial charge in [-0.3, -0.25) is 0 Å². The Bertz CT molecular complexity index is 932. The smallest absolute Gasteiger partial charge is 0.338 e. The van der Waals surface area contributed by atoms with Crippen molar-refractivity contribution in [2.45, 2.75) is 13.8 Å². The van der Waals surface area contributed by atoms with E-state index < -0.39 is 0 Å². The zero-order valence-electron chi connectivity index (χ0n) is 14.5. The quantitative estimate of drug-likeness (QED) is 0.657. The number of carbonyl (C=O) groups excluding carboxylic acids is 2. The Morgan fingerprint density at radius 2 is 1.58 bits per heavy atom. The average Bonchev–Trinajstić information content (AvgIpc) is 3.04. The van der Waals surface area contributed by atoms with Crippen LogP contribution in [0.15, 0.2) is 42.5 Å². The molecule has 0 aliphatic heterocycles. The molecule has 0 bridgehead atoms. The fourth-order valence-corrected chi connectivity index (χ4v) is 2.45. The molecule has 0 atom stereocenters. The third-order valence-corrected chi connectivity index (χ3v) is 3.65. The van der Waals surface area contributed by atoms with E-state index in [0.717, 1.165) is 16.7 Å². The van der Waals surface area contributed by atoms with Gasteiger partial charge in [0.15, 0.2) is 0 Å². The van der Waals surface area contributed by atoms with Gasteiger partial charge in [-0.1, -0.05) is 0 Å². The number of fused-ring (bicyclic) bond motifs is 1. The van der Waals surface area contributed by atoms with E-state index >= 15 is 0 Å². The van der Waals surface area contributed by atoms with Crippen molar-refractivity contribution in [2.75, 3.05) is 18.5 Å². The van der Waals surface area contributed by atoms with Crippen molar-refractivity contribution in [1.29, 1.82) is 0 Å². The van der Waals surface area contributed by atoms with E-state index in [1.807, 2.05) is 0 Å². The number of ether oxygens (including phenoxy) is 2. The normalized spacial score (nSPS) is 10.5. The number of aromatic amines is 1. The van der Waals surface area contributed by atoms with Crippen molar-refractivity contribution >= 4 is 34.6 Å². The monoisotopic (exact) mass is 353 g/mol. The molecule has 2 N–H and O–H groups in total. The topological polar surface area (TPSA) is 93.3 Å². The van der Waals surface area contributed by atoms with E-state index in [2.05, 4.69) is 15.3 Å². The molecule has 0 fully saturated rings. The summed E-state index contributed by atoms with van der Waals surface area (Å²) in [5.74, 6) is -0.188. The number of imidazole rings is 1. The maximum atomic E-state index is 11.8. The molecule has 0 radical (unpaired) electrons. The Balaban J connectivity index is 1.76. The second-order valence-electron chi connectivity index (χ2n) is 5.46. The van der Waals surface area contributed by atoms with Crippen molar-refractivity contribution in [3.8, 4) is 0 Å². The zero-order valence-corrected chi connectivity index (χ0v) is 14.5. The minimum Gasteiger partial charge on any atom is -0.462 e. The minimum atomic E-state index is -0.368. The Kier molecular flexibility index (Phi) is 5.17. The van der Waals surface area contributed by atoms with Crippen LogP contribution >= 0.6 is 0 Å². The molecule has 3 rings (SSSR count). The van der Waals surface area contributed by atoms with Crippen LogP contribution in [0.1, 0.15) is 34.6 Å². The standard InChI is InChI=1S/C19H19N3O4/c1-3-25-17(23)12-5-8-14(9-6-12)20-19-21-15-10-7-13(11-16(15)22-19)18(24)26-4-2/h5-11H,3-4H2,1-2H3,(H2,20,21,22). The summed E-state index contributed by atoms with van der Waals surface area (Å²) in [6, 6.07) is 12.0. The lowest BCUT2D eigenvalue weighted by Crippen LogP contribution is -2.04. The molecule has 0 aliphatic rings. The van der Waals surface area contributed by atoms with Gasteiger partial charge in [-0.25, -0.2) is 14.6 Å². The van der Waals surface area contributed by atoms with E-state index in [9.17, 15) is 9.59 Å². The summed E-state index contributed by atoms with van der Waals surface area (Å²) < 4.78 is 9.96. The largest absolute Gasteiger partial charge is 0.462 e. The van der Waals surface area contributed by atoms with Crippen molar-refractivity contribution in [3.05, 3.63) is 53.6 Å². The summed E-state index contributed by atoms with van der Waals surface area (Å²) in [5.41, 5.74) is 3.17. The van der Waals surface area contributed by atoms with Crippen LogP contribution < -0.4 is 5.32 Å². The molecular formula is C19H19N3O4. The molecule has 7 nitrogen and oxygen atoms in total. The van der Waals surface area contributed by atoms with Gasteiger partial charge in [0.25, 0.3) is 0 Å². The third-order valence-electron chi connectivity index (χ3n) is 3.65. The maximum Gasteiger partial charge on any atom is 0.338 e. The number of H-pyrrole nitrogens is 1. The second kappa shape index (κ2) is 7.69. The molecule has 0 spiro atoms. The number of hydrogen-bond acceptors (Lipinski definition) is 6. The van der Waals surface area contributed by atoms with Gasteiger partial charge in [0, 0.05) is 5.69 Å². The van der Waals surface area contributed by atoms with Crippen LogP contribution in [-0.2, 0) is 9.47 Å². The molecule has 1 aromatic heterocycles. The number of nitrogens with one attached hydrogen (secondary N) is 2. The predicted octanol–water partition coefficient (Wildman–Crippen LogP) is 3.66. The Morgan fingerprint density at radius 3 is 2.23 bits per heavy atom. The lowest BCUT2D eigenvalue weighted by molar-refractivity contribution is 0.0517. The number of benzene rings is 2. The van der Waals surface area contributed by atoms with Crippen LogP contribution in [0.4, 0.5) is 11.6 Å². The summed E-state index contributed by atoms with van der Waals surface area (Å²) in [6.45, 7) is 4.20. The Morgan fingerprint density at radius 1 is 0.962 bits per heavy atom. The fraction of sp³-hybridized carbons (Fsp3) is 0.211. The van der Waals surface area contributed by atoms with Gasteiger partial charge in [-0.05, 0) is 56.3 Å². The zero-order chi connectivity index (χ0) is 18.5. The fourth-order valence-electron chi connectivity index (χ4n) is 2.45. The van der Waals surface area contributed by atoms with Crippen molar-refractivity contribution < 1.29 is 19.1 Å². The van der Waals surface area contributed by atoms with E-state index in [1.165, 1.54) is 0 Å². The first kappa shape index (κ1) is 17.5. The number of hydrogen-bond donors (Lipinski definition) is 2. The van der Waals surface area contributed by atoms with Crippen molar-refractivity contribution in [3.63, 3.8) is 0 Å². The minimum absolute atomic E-state index is 0.328. The highest BCUT2D eigenvalue weighted by Crippen LogP contribution is 2.20. The number of carbonyl (C=O) groups is 2. The first-order chi connectivity index (χ1) is 12.6. The van der Waals surface area contributed by atoms with E-state index in [1.54, 1.807) is 56.3 Å². The van der Waals surface area contributed by atoms with Crippen LogP contribution in [0, 0.1) is 0 Å². The highest BCUT2D eigenvalue weighted by Gasteiger charge is 2.10. The molecule has 134 valence electrons. The number of esters is 2. The van der Waals surface area contributed by atoms with E-state index in [-0.39, 0.29) is 11.9 Å². The van der Waals surface area contributed by atoms with Crippen LogP contribution in [0.5, 0.6) is 0 Å². The van der Waals surface area contributed by atoms with Gasteiger partial charge < -0.3 is 19.8 Å². The van der Waals surface area contributed by atoms with Crippen molar-refractivity contribution in [1.82, 2.24) is 9.97 Å².